The summed E-state index contributed by atoms with van der Waals surface area (Å²) in [4.78, 5) is 27.1. The minimum atomic E-state index is -1.92. The highest BCUT2D eigenvalue weighted by atomic mass is 32.2. The van der Waals surface area contributed by atoms with Gasteiger partial charge in [0.15, 0.2) is 10.8 Å². The van der Waals surface area contributed by atoms with Gasteiger partial charge in [-0.1, -0.05) is 103 Å². The van der Waals surface area contributed by atoms with Crippen LogP contribution in [0.5, 0.6) is 0 Å². The molecule has 0 aromatic heterocycles. The van der Waals surface area contributed by atoms with Gasteiger partial charge in [-0.25, -0.2) is 5.43 Å². The van der Waals surface area contributed by atoms with Gasteiger partial charge in [0.25, 0.3) is 5.91 Å². The van der Waals surface area contributed by atoms with Crippen molar-refractivity contribution >= 4 is 28.7 Å². The van der Waals surface area contributed by atoms with E-state index in [0.717, 1.165) is 5.56 Å². The maximum Gasteiger partial charge on any atom is 0.281 e. The number of aliphatic hydroxyl groups is 1. The number of carbonyl (C=O) groups excluding carboxylic acids is 2. The van der Waals surface area contributed by atoms with Crippen LogP contribution in [-0.2, 0) is 21.6 Å². The molecule has 4 rings (SSSR count). The number of thioether (sulfide) groups is 1. The van der Waals surface area contributed by atoms with Crippen LogP contribution < -0.4 is 5.43 Å². The summed E-state index contributed by atoms with van der Waals surface area (Å²) in [5, 5.41) is 16.1. The number of benzene rings is 3. The topological polar surface area (TPSA) is 82.0 Å². The first kappa shape index (κ1) is 21.8. The maximum atomic E-state index is 13.2. The molecule has 32 heavy (non-hydrogen) atoms. The molecule has 2 N–H and O–H groups in total. The van der Waals surface area contributed by atoms with E-state index in [4.69, 9.17) is 0 Å². The number of hydrogen-bond acceptors (Lipinski definition) is 5. The van der Waals surface area contributed by atoms with Gasteiger partial charge in [-0.3, -0.25) is 14.5 Å². The van der Waals surface area contributed by atoms with E-state index >= 15 is 0 Å². The molecule has 0 saturated carbocycles. The first-order valence-corrected chi connectivity index (χ1v) is 11.3. The van der Waals surface area contributed by atoms with E-state index in [0.29, 0.717) is 29.3 Å². The Morgan fingerprint density at radius 3 is 2.03 bits per heavy atom. The minimum absolute atomic E-state index is 0.0553. The third-order valence-electron chi connectivity index (χ3n) is 5.29. The summed E-state index contributed by atoms with van der Waals surface area (Å²) < 4.78 is 0. The molecule has 1 aliphatic heterocycles. The third-order valence-corrected chi connectivity index (χ3v) is 6.25. The second-order valence-corrected chi connectivity index (χ2v) is 8.29. The van der Waals surface area contributed by atoms with E-state index in [1.807, 2.05) is 42.5 Å². The van der Waals surface area contributed by atoms with Gasteiger partial charge in [-0.05, 0) is 23.1 Å². The largest absolute Gasteiger partial charge is 0.372 e. The summed E-state index contributed by atoms with van der Waals surface area (Å²) in [6, 6.07) is 27.3. The Hall–Kier alpha value is -3.42. The lowest BCUT2D eigenvalue weighted by molar-refractivity contribution is -0.136. The molecular formula is C25H23N3O3S. The highest BCUT2D eigenvalue weighted by Gasteiger charge is 2.40. The van der Waals surface area contributed by atoms with Gasteiger partial charge in [0, 0.05) is 6.54 Å². The van der Waals surface area contributed by atoms with Crippen molar-refractivity contribution in [3.05, 3.63) is 108 Å². The lowest BCUT2D eigenvalue weighted by Crippen LogP contribution is -2.44. The Morgan fingerprint density at radius 1 is 0.938 bits per heavy atom. The van der Waals surface area contributed by atoms with Gasteiger partial charge >= 0.3 is 0 Å². The number of nitrogens with zero attached hydrogens (tertiary/aromatic N) is 2. The van der Waals surface area contributed by atoms with E-state index in [-0.39, 0.29) is 11.7 Å². The Morgan fingerprint density at radius 2 is 1.47 bits per heavy atom. The normalized spacial score (nSPS) is 15.2. The van der Waals surface area contributed by atoms with Crippen LogP contribution in [0.4, 0.5) is 0 Å². The fourth-order valence-electron chi connectivity index (χ4n) is 3.55. The smallest absolute Gasteiger partial charge is 0.281 e. The number of amides is 2. The number of hydrogen-bond donors (Lipinski definition) is 2. The summed E-state index contributed by atoms with van der Waals surface area (Å²) in [6.07, 6.45) is 0.679. The quantitative estimate of drug-likeness (QED) is 0.548. The van der Waals surface area contributed by atoms with Gasteiger partial charge in [0.1, 0.15) is 0 Å². The van der Waals surface area contributed by atoms with E-state index < -0.39 is 11.5 Å². The van der Waals surface area contributed by atoms with E-state index in [9.17, 15) is 14.7 Å². The lowest BCUT2D eigenvalue weighted by atomic mass is 9.86. The second kappa shape index (κ2) is 9.80. The molecule has 3 aromatic carbocycles. The highest BCUT2D eigenvalue weighted by Crippen LogP contribution is 2.30. The second-order valence-electron chi connectivity index (χ2n) is 7.35. The van der Waals surface area contributed by atoms with Crippen molar-refractivity contribution in [2.75, 3.05) is 12.3 Å². The summed E-state index contributed by atoms with van der Waals surface area (Å²) in [5.74, 6) is -0.476. The van der Waals surface area contributed by atoms with Crippen LogP contribution in [-0.4, -0.2) is 39.3 Å². The molecule has 0 unspecified atom stereocenters. The van der Waals surface area contributed by atoms with Gasteiger partial charge in [-0.2, -0.15) is 0 Å². The third kappa shape index (κ3) is 4.59. The van der Waals surface area contributed by atoms with E-state index in [1.165, 1.54) is 11.8 Å². The molecule has 2 amide bonds. The summed E-state index contributed by atoms with van der Waals surface area (Å²) in [6.45, 7) is 0.464. The van der Waals surface area contributed by atoms with Crippen molar-refractivity contribution in [2.45, 2.75) is 12.0 Å². The van der Waals surface area contributed by atoms with E-state index in [1.54, 1.807) is 53.4 Å². The zero-order valence-corrected chi connectivity index (χ0v) is 18.2. The average molecular weight is 446 g/mol. The minimum Gasteiger partial charge on any atom is -0.372 e. The lowest BCUT2D eigenvalue weighted by Gasteiger charge is -2.27. The Bertz CT molecular complexity index is 1070. The zero-order valence-electron chi connectivity index (χ0n) is 17.3. The molecule has 1 heterocycles. The monoisotopic (exact) mass is 445 g/mol. The fourth-order valence-corrected chi connectivity index (χ4v) is 4.42. The summed E-state index contributed by atoms with van der Waals surface area (Å²) in [5.41, 5.74) is 2.55. The van der Waals surface area contributed by atoms with Crippen LogP contribution in [0.15, 0.2) is 96.1 Å². The van der Waals surface area contributed by atoms with Crippen LogP contribution in [0.3, 0.4) is 0 Å². The molecule has 3 aromatic rings. The summed E-state index contributed by atoms with van der Waals surface area (Å²) in [7, 11) is 0. The number of rotatable bonds is 7. The predicted molar refractivity (Wildman–Crippen MR) is 126 cm³/mol. The van der Waals surface area contributed by atoms with Crippen molar-refractivity contribution in [1.29, 1.82) is 0 Å². The van der Waals surface area contributed by atoms with Gasteiger partial charge < -0.3 is 5.11 Å². The van der Waals surface area contributed by atoms with Gasteiger partial charge in [0.2, 0.25) is 5.91 Å². The van der Waals surface area contributed by atoms with Gasteiger partial charge in [0.05, 0.1) is 5.75 Å². The van der Waals surface area contributed by atoms with Crippen molar-refractivity contribution < 1.29 is 14.7 Å². The molecule has 1 fully saturated rings. The SMILES string of the molecule is O=C1CS/C(=N\NC(=O)C(O)(c2ccccc2)c2ccccc2)N1CCc1ccccc1. The molecular weight excluding hydrogens is 422 g/mol. The van der Waals surface area contributed by atoms with Crippen molar-refractivity contribution in [2.24, 2.45) is 5.10 Å². The van der Waals surface area contributed by atoms with Crippen molar-refractivity contribution in [1.82, 2.24) is 10.3 Å². The number of hydrazone groups is 1. The van der Waals surface area contributed by atoms with Crippen LogP contribution >= 0.6 is 11.8 Å². The van der Waals surface area contributed by atoms with Crippen LogP contribution in [0.25, 0.3) is 0 Å². The zero-order chi connectivity index (χ0) is 22.4. The predicted octanol–water partition coefficient (Wildman–Crippen LogP) is 3.13. The maximum absolute atomic E-state index is 13.2. The van der Waals surface area contributed by atoms with Crippen molar-refractivity contribution in [3.63, 3.8) is 0 Å². The molecule has 6 nitrogen and oxygen atoms in total. The van der Waals surface area contributed by atoms with E-state index in [2.05, 4.69) is 10.5 Å². The first-order chi connectivity index (χ1) is 15.6. The summed E-state index contributed by atoms with van der Waals surface area (Å²) >= 11 is 1.27. The average Bonchev–Trinajstić information content (AvgIpc) is 3.21. The van der Waals surface area contributed by atoms with Crippen LogP contribution in [0.2, 0.25) is 0 Å². The Kier molecular flexibility index (Phi) is 6.68. The van der Waals surface area contributed by atoms with Gasteiger partial charge in [-0.15, -0.1) is 5.10 Å². The molecule has 0 aliphatic carbocycles. The fraction of sp³-hybridized carbons (Fsp3) is 0.160. The molecule has 0 bridgehead atoms. The highest BCUT2D eigenvalue weighted by molar-refractivity contribution is 8.15. The number of nitrogens with one attached hydrogen (secondary N) is 1. The molecule has 7 heteroatoms. The molecule has 1 aliphatic rings. The molecule has 162 valence electrons. The van der Waals surface area contributed by atoms with Crippen LogP contribution in [0.1, 0.15) is 16.7 Å². The standard InChI is InChI=1S/C25H23N3O3S/c29-22-18-32-24(28(22)17-16-19-10-4-1-5-11-19)27-26-23(30)25(31,20-12-6-2-7-13-20)21-14-8-3-9-15-21/h1-15,31H,16-18H2,(H,26,30)/b27-24-. The van der Waals surface area contributed by atoms with Crippen LogP contribution in [0, 0.1) is 0 Å². The number of amidine groups is 1. The number of carbonyl (C=O) groups is 2. The molecule has 1 saturated heterocycles. The molecule has 0 radical (unpaired) electrons. The van der Waals surface area contributed by atoms with Crippen molar-refractivity contribution in [3.8, 4) is 0 Å². The Balaban J connectivity index is 1.54. The first-order valence-electron chi connectivity index (χ1n) is 10.3. The molecule has 0 atom stereocenters. The Labute approximate surface area is 191 Å². The molecule has 0 spiro atoms.